The van der Waals surface area contributed by atoms with Crippen molar-refractivity contribution in [2.24, 2.45) is 23.7 Å². The standard InChI is InChI=1S/C15H30N2O/c1-11(2)14(12(3)4)10-17-15(18)8-13-6-5-7-16-9-13/h11-14,16H,5-10H2,1-4H3,(H,17,18). The molecule has 0 radical (unpaired) electrons. The predicted molar refractivity (Wildman–Crippen MR) is 76.4 cm³/mol. The van der Waals surface area contributed by atoms with Crippen LogP contribution in [0.5, 0.6) is 0 Å². The molecular formula is C15H30N2O. The summed E-state index contributed by atoms with van der Waals surface area (Å²) in [6.07, 6.45) is 3.09. The molecule has 1 fully saturated rings. The van der Waals surface area contributed by atoms with Gasteiger partial charge in [-0.1, -0.05) is 27.7 Å². The zero-order valence-corrected chi connectivity index (χ0v) is 12.5. The minimum absolute atomic E-state index is 0.231. The second-order valence-electron chi connectivity index (χ2n) is 6.37. The molecule has 0 spiro atoms. The number of hydrogen-bond acceptors (Lipinski definition) is 2. The molecule has 0 aromatic heterocycles. The maximum Gasteiger partial charge on any atom is 0.220 e. The zero-order valence-electron chi connectivity index (χ0n) is 12.5. The highest BCUT2D eigenvalue weighted by Crippen LogP contribution is 2.20. The Hall–Kier alpha value is -0.570. The predicted octanol–water partition coefficient (Wildman–Crippen LogP) is 2.42. The van der Waals surface area contributed by atoms with Crippen molar-refractivity contribution in [1.82, 2.24) is 10.6 Å². The van der Waals surface area contributed by atoms with Gasteiger partial charge in [0.1, 0.15) is 0 Å². The van der Waals surface area contributed by atoms with Crippen molar-refractivity contribution < 1.29 is 4.79 Å². The van der Waals surface area contributed by atoms with E-state index in [0.29, 0.717) is 30.1 Å². The molecule has 0 aromatic rings. The Morgan fingerprint density at radius 2 is 1.94 bits per heavy atom. The molecule has 1 rings (SSSR count). The smallest absolute Gasteiger partial charge is 0.220 e. The van der Waals surface area contributed by atoms with Crippen LogP contribution >= 0.6 is 0 Å². The van der Waals surface area contributed by atoms with E-state index in [1.54, 1.807) is 0 Å². The highest BCUT2D eigenvalue weighted by molar-refractivity contribution is 5.76. The first-order chi connectivity index (χ1) is 8.50. The fourth-order valence-corrected chi connectivity index (χ4v) is 2.91. The van der Waals surface area contributed by atoms with Crippen LogP contribution < -0.4 is 10.6 Å². The van der Waals surface area contributed by atoms with Crippen LogP contribution in [0, 0.1) is 23.7 Å². The lowest BCUT2D eigenvalue weighted by Crippen LogP contribution is -2.37. The highest BCUT2D eigenvalue weighted by Gasteiger charge is 2.20. The molecule has 1 unspecified atom stereocenters. The molecule has 3 nitrogen and oxygen atoms in total. The van der Waals surface area contributed by atoms with Crippen molar-refractivity contribution in [2.75, 3.05) is 19.6 Å². The fourth-order valence-electron chi connectivity index (χ4n) is 2.91. The second kappa shape index (κ2) is 7.78. The summed E-state index contributed by atoms with van der Waals surface area (Å²) >= 11 is 0. The average molecular weight is 254 g/mol. The van der Waals surface area contributed by atoms with Crippen LogP contribution in [0.3, 0.4) is 0 Å². The first-order valence-corrected chi connectivity index (χ1v) is 7.48. The number of amides is 1. The summed E-state index contributed by atoms with van der Waals surface area (Å²) in [6, 6.07) is 0. The van der Waals surface area contributed by atoms with Crippen LogP contribution in [0.4, 0.5) is 0 Å². The number of carbonyl (C=O) groups is 1. The minimum Gasteiger partial charge on any atom is -0.356 e. The summed E-state index contributed by atoms with van der Waals surface area (Å²) in [4.78, 5) is 11.9. The summed E-state index contributed by atoms with van der Waals surface area (Å²) in [5.41, 5.74) is 0. The summed E-state index contributed by atoms with van der Waals surface area (Å²) in [5.74, 6) is 2.60. The van der Waals surface area contributed by atoms with E-state index in [4.69, 9.17) is 0 Å². The van der Waals surface area contributed by atoms with E-state index < -0.39 is 0 Å². The Kier molecular flexibility index (Phi) is 6.69. The molecule has 3 heteroatoms. The lowest BCUT2D eigenvalue weighted by atomic mass is 9.85. The molecule has 18 heavy (non-hydrogen) atoms. The van der Waals surface area contributed by atoms with Crippen molar-refractivity contribution >= 4 is 5.91 Å². The third kappa shape index (κ3) is 5.38. The molecule has 1 amide bonds. The van der Waals surface area contributed by atoms with Crippen molar-refractivity contribution in [2.45, 2.75) is 47.0 Å². The van der Waals surface area contributed by atoms with Gasteiger partial charge >= 0.3 is 0 Å². The lowest BCUT2D eigenvalue weighted by molar-refractivity contribution is -0.122. The maximum absolute atomic E-state index is 11.9. The quantitative estimate of drug-likeness (QED) is 0.764. The molecule has 0 saturated carbocycles. The first-order valence-electron chi connectivity index (χ1n) is 7.48. The van der Waals surface area contributed by atoms with Gasteiger partial charge in [0.2, 0.25) is 5.91 Å². The Morgan fingerprint density at radius 3 is 2.44 bits per heavy atom. The highest BCUT2D eigenvalue weighted by atomic mass is 16.1. The normalized spacial score (nSPS) is 20.7. The summed E-state index contributed by atoms with van der Waals surface area (Å²) in [5, 5.41) is 6.49. The van der Waals surface area contributed by atoms with Crippen LogP contribution in [0.1, 0.15) is 47.0 Å². The number of hydrogen-bond donors (Lipinski definition) is 2. The second-order valence-corrected chi connectivity index (χ2v) is 6.37. The van der Waals surface area contributed by atoms with Gasteiger partial charge in [-0.2, -0.15) is 0 Å². The van der Waals surface area contributed by atoms with Gasteiger partial charge < -0.3 is 10.6 Å². The molecule has 0 bridgehead atoms. The van der Waals surface area contributed by atoms with Crippen molar-refractivity contribution in [1.29, 1.82) is 0 Å². The van der Waals surface area contributed by atoms with E-state index in [-0.39, 0.29) is 5.91 Å². The van der Waals surface area contributed by atoms with E-state index >= 15 is 0 Å². The summed E-state index contributed by atoms with van der Waals surface area (Å²) < 4.78 is 0. The molecule has 106 valence electrons. The fraction of sp³-hybridized carbons (Fsp3) is 0.933. The molecule has 1 aliphatic rings. The van der Waals surface area contributed by atoms with Gasteiger partial charge in [0.05, 0.1) is 0 Å². The summed E-state index contributed by atoms with van der Waals surface area (Å²) in [7, 11) is 0. The Balaban J connectivity index is 2.26. The Morgan fingerprint density at radius 1 is 1.28 bits per heavy atom. The van der Waals surface area contributed by atoms with Crippen LogP contribution in [-0.4, -0.2) is 25.5 Å². The van der Waals surface area contributed by atoms with Gasteiger partial charge in [-0.05, 0) is 49.6 Å². The van der Waals surface area contributed by atoms with Crippen molar-refractivity contribution in [3.05, 3.63) is 0 Å². The largest absolute Gasteiger partial charge is 0.356 e. The number of carbonyl (C=O) groups excluding carboxylic acids is 1. The minimum atomic E-state index is 0.231. The van der Waals surface area contributed by atoms with Gasteiger partial charge in [0.25, 0.3) is 0 Å². The van der Waals surface area contributed by atoms with Gasteiger partial charge in [0.15, 0.2) is 0 Å². The van der Waals surface area contributed by atoms with Crippen molar-refractivity contribution in [3.8, 4) is 0 Å². The molecule has 0 aromatic carbocycles. The number of piperidine rings is 1. The van der Waals surface area contributed by atoms with E-state index in [0.717, 1.165) is 19.6 Å². The van der Waals surface area contributed by atoms with Gasteiger partial charge in [-0.25, -0.2) is 0 Å². The molecule has 1 atom stereocenters. The Bertz CT molecular complexity index is 237. The van der Waals surface area contributed by atoms with E-state index in [9.17, 15) is 4.79 Å². The monoisotopic (exact) mass is 254 g/mol. The molecule has 1 aliphatic heterocycles. The van der Waals surface area contributed by atoms with Crippen LogP contribution in [0.25, 0.3) is 0 Å². The average Bonchev–Trinajstić information content (AvgIpc) is 2.29. The van der Waals surface area contributed by atoms with Crippen LogP contribution in [-0.2, 0) is 4.79 Å². The first kappa shape index (κ1) is 15.5. The topological polar surface area (TPSA) is 41.1 Å². The summed E-state index contributed by atoms with van der Waals surface area (Å²) in [6.45, 7) is 11.9. The third-order valence-corrected chi connectivity index (χ3v) is 4.12. The van der Waals surface area contributed by atoms with Crippen LogP contribution in [0.2, 0.25) is 0 Å². The SMILES string of the molecule is CC(C)C(CNC(=O)CC1CCCNC1)C(C)C. The van der Waals surface area contributed by atoms with Crippen LogP contribution in [0.15, 0.2) is 0 Å². The van der Waals surface area contributed by atoms with E-state index in [1.165, 1.54) is 12.8 Å². The third-order valence-electron chi connectivity index (χ3n) is 4.12. The molecule has 1 saturated heterocycles. The number of rotatable bonds is 6. The van der Waals surface area contributed by atoms with E-state index in [2.05, 4.69) is 38.3 Å². The van der Waals surface area contributed by atoms with Crippen molar-refractivity contribution in [3.63, 3.8) is 0 Å². The van der Waals surface area contributed by atoms with E-state index in [1.807, 2.05) is 0 Å². The van der Waals surface area contributed by atoms with Gasteiger partial charge in [0, 0.05) is 13.0 Å². The Labute approximate surface area is 112 Å². The van der Waals surface area contributed by atoms with Gasteiger partial charge in [-0.15, -0.1) is 0 Å². The van der Waals surface area contributed by atoms with Gasteiger partial charge in [-0.3, -0.25) is 4.79 Å². The molecule has 0 aliphatic carbocycles. The lowest BCUT2D eigenvalue weighted by Gasteiger charge is -2.26. The maximum atomic E-state index is 11.9. The zero-order chi connectivity index (χ0) is 13.5. The molecule has 1 heterocycles. The molecule has 2 N–H and O–H groups in total. The number of nitrogens with one attached hydrogen (secondary N) is 2. The molecular weight excluding hydrogens is 224 g/mol.